The first-order chi connectivity index (χ1) is 8.61. The fourth-order valence-corrected chi connectivity index (χ4v) is 1.73. The van der Waals surface area contributed by atoms with Gasteiger partial charge in [0.1, 0.15) is 0 Å². The van der Waals surface area contributed by atoms with E-state index in [0.29, 0.717) is 24.4 Å². The van der Waals surface area contributed by atoms with Crippen LogP contribution in [0.25, 0.3) is 0 Å². The molecule has 5 heteroatoms. The summed E-state index contributed by atoms with van der Waals surface area (Å²) in [5.74, 6) is 5.37. The third kappa shape index (κ3) is 3.45. The Morgan fingerprint density at radius 2 is 2.11 bits per heavy atom. The number of nitrogens with zero attached hydrogens (tertiary/aromatic N) is 1. The minimum Gasteiger partial charge on any atom is -0.383 e. The predicted molar refractivity (Wildman–Crippen MR) is 72.3 cm³/mol. The third-order valence-corrected chi connectivity index (χ3v) is 2.73. The molecule has 1 aromatic carbocycles. The molecule has 100 valence electrons. The Morgan fingerprint density at radius 3 is 2.67 bits per heavy atom. The van der Waals surface area contributed by atoms with Crippen molar-refractivity contribution in [3.63, 3.8) is 0 Å². The average Bonchev–Trinajstić information content (AvgIpc) is 2.38. The lowest BCUT2D eigenvalue weighted by molar-refractivity contribution is 0.0636. The van der Waals surface area contributed by atoms with Crippen molar-refractivity contribution in [3.05, 3.63) is 29.8 Å². The van der Waals surface area contributed by atoms with Crippen molar-refractivity contribution in [2.24, 2.45) is 5.84 Å². The van der Waals surface area contributed by atoms with Gasteiger partial charge in [0.15, 0.2) is 0 Å². The molecule has 0 aliphatic rings. The largest absolute Gasteiger partial charge is 0.383 e. The minimum absolute atomic E-state index is 0.0457. The van der Waals surface area contributed by atoms with Crippen LogP contribution in [0.2, 0.25) is 0 Å². The Morgan fingerprint density at radius 1 is 1.44 bits per heavy atom. The zero-order valence-corrected chi connectivity index (χ0v) is 11.1. The van der Waals surface area contributed by atoms with Crippen LogP contribution in [-0.4, -0.2) is 37.1 Å². The smallest absolute Gasteiger partial charge is 0.256 e. The molecule has 0 bridgehead atoms. The van der Waals surface area contributed by atoms with Crippen LogP contribution < -0.4 is 11.3 Å². The molecule has 0 saturated carbocycles. The first-order valence-corrected chi connectivity index (χ1v) is 5.97. The van der Waals surface area contributed by atoms with Crippen LogP contribution in [0.4, 0.5) is 5.69 Å². The van der Waals surface area contributed by atoms with E-state index >= 15 is 0 Å². The molecule has 18 heavy (non-hydrogen) atoms. The van der Waals surface area contributed by atoms with Crippen molar-refractivity contribution in [1.29, 1.82) is 0 Å². The number of rotatable bonds is 6. The number of benzene rings is 1. The molecule has 0 atom stereocenters. The molecule has 3 N–H and O–H groups in total. The number of carbonyl (C=O) groups is 1. The second-order valence-corrected chi connectivity index (χ2v) is 4.28. The van der Waals surface area contributed by atoms with Gasteiger partial charge >= 0.3 is 0 Å². The summed E-state index contributed by atoms with van der Waals surface area (Å²) in [5.41, 5.74) is 3.75. The molecule has 0 saturated heterocycles. The summed E-state index contributed by atoms with van der Waals surface area (Å²) >= 11 is 0. The van der Waals surface area contributed by atoms with E-state index in [1.54, 1.807) is 24.1 Å². The van der Waals surface area contributed by atoms with Gasteiger partial charge in [0.25, 0.3) is 5.91 Å². The molecule has 1 amide bonds. The number of hydrogen-bond donors (Lipinski definition) is 2. The van der Waals surface area contributed by atoms with Gasteiger partial charge in [-0.1, -0.05) is 12.1 Å². The lowest BCUT2D eigenvalue weighted by atomic mass is 10.1. The van der Waals surface area contributed by atoms with Gasteiger partial charge in [-0.3, -0.25) is 10.6 Å². The molecule has 5 nitrogen and oxygen atoms in total. The van der Waals surface area contributed by atoms with E-state index in [2.05, 4.69) is 5.43 Å². The molecular formula is C13H21N3O2. The molecule has 0 aliphatic heterocycles. The summed E-state index contributed by atoms with van der Waals surface area (Å²) in [7, 11) is 1.62. The SMILES string of the molecule is COCCN(C(=O)c1ccccc1NN)C(C)C. The van der Waals surface area contributed by atoms with Crippen molar-refractivity contribution in [3.8, 4) is 0 Å². The average molecular weight is 251 g/mol. The van der Waals surface area contributed by atoms with E-state index in [-0.39, 0.29) is 11.9 Å². The van der Waals surface area contributed by atoms with Crippen LogP contribution in [0.3, 0.4) is 0 Å². The second kappa shape index (κ2) is 6.98. The number of nitrogens with one attached hydrogen (secondary N) is 1. The van der Waals surface area contributed by atoms with Crippen molar-refractivity contribution in [2.75, 3.05) is 25.7 Å². The standard InChI is InChI=1S/C13H21N3O2/c1-10(2)16(8-9-18-3)13(17)11-6-4-5-7-12(11)15-14/h4-7,10,15H,8-9,14H2,1-3H3. The molecule has 0 radical (unpaired) electrons. The predicted octanol–water partition coefficient (Wildman–Crippen LogP) is 1.47. The number of hydrogen-bond acceptors (Lipinski definition) is 4. The molecule has 0 spiro atoms. The number of anilines is 1. The van der Waals surface area contributed by atoms with Crippen LogP contribution in [0.1, 0.15) is 24.2 Å². The van der Waals surface area contributed by atoms with Crippen LogP contribution in [0.15, 0.2) is 24.3 Å². The van der Waals surface area contributed by atoms with Gasteiger partial charge in [-0.15, -0.1) is 0 Å². The van der Waals surface area contributed by atoms with E-state index in [9.17, 15) is 4.79 Å². The number of nitrogens with two attached hydrogens (primary N) is 1. The van der Waals surface area contributed by atoms with Gasteiger partial charge in [-0.25, -0.2) is 0 Å². The topological polar surface area (TPSA) is 67.6 Å². The maximum absolute atomic E-state index is 12.4. The van der Waals surface area contributed by atoms with E-state index in [4.69, 9.17) is 10.6 Å². The quantitative estimate of drug-likeness (QED) is 0.593. The minimum atomic E-state index is -0.0457. The first-order valence-electron chi connectivity index (χ1n) is 5.97. The third-order valence-electron chi connectivity index (χ3n) is 2.73. The molecular weight excluding hydrogens is 230 g/mol. The lowest BCUT2D eigenvalue weighted by Gasteiger charge is -2.27. The van der Waals surface area contributed by atoms with Gasteiger partial charge in [0.2, 0.25) is 0 Å². The zero-order chi connectivity index (χ0) is 13.5. The normalized spacial score (nSPS) is 10.5. The van der Waals surface area contributed by atoms with Crippen LogP contribution >= 0.6 is 0 Å². The van der Waals surface area contributed by atoms with Gasteiger partial charge in [-0.05, 0) is 26.0 Å². The number of ether oxygens (including phenoxy) is 1. The second-order valence-electron chi connectivity index (χ2n) is 4.28. The molecule has 0 aliphatic carbocycles. The van der Waals surface area contributed by atoms with E-state index < -0.39 is 0 Å². The van der Waals surface area contributed by atoms with Crippen LogP contribution in [0.5, 0.6) is 0 Å². The Hall–Kier alpha value is -1.59. The van der Waals surface area contributed by atoms with E-state index in [0.717, 1.165) is 0 Å². The Labute approximate surface area is 108 Å². The number of para-hydroxylation sites is 1. The molecule has 0 aromatic heterocycles. The van der Waals surface area contributed by atoms with Crippen molar-refractivity contribution in [1.82, 2.24) is 4.90 Å². The number of hydrazine groups is 1. The van der Waals surface area contributed by atoms with E-state index in [1.807, 2.05) is 26.0 Å². The molecule has 0 unspecified atom stereocenters. The summed E-state index contributed by atoms with van der Waals surface area (Å²) in [6, 6.07) is 7.31. The summed E-state index contributed by atoms with van der Waals surface area (Å²) < 4.78 is 5.03. The van der Waals surface area contributed by atoms with Gasteiger partial charge in [0, 0.05) is 19.7 Å². The van der Waals surface area contributed by atoms with Crippen LogP contribution in [-0.2, 0) is 4.74 Å². The van der Waals surface area contributed by atoms with Crippen molar-refractivity contribution < 1.29 is 9.53 Å². The summed E-state index contributed by atoms with van der Waals surface area (Å²) in [6.07, 6.45) is 0. The number of carbonyl (C=O) groups excluding carboxylic acids is 1. The number of amides is 1. The fourth-order valence-electron chi connectivity index (χ4n) is 1.73. The Kier molecular flexibility index (Phi) is 5.61. The van der Waals surface area contributed by atoms with Gasteiger partial charge in [-0.2, -0.15) is 0 Å². The zero-order valence-electron chi connectivity index (χ0n) is 11.1. The summed E-state index contributed by atoms with van der Waals surface area (Å²) in [5, 5.41) is 0. The molecule has 0 heterocycles. The first kappa shape index (κ1) is 14.5. The molecule has 0 fully saturated rings. The van der Waals surface area contributed by atoms with Crippen molar-refractivity contribution >= 4 is 11.6 Å². The lowest BCUT2D eigenvalue weighted by Crippen LogP contribution is -2.39. The fraction of sp³-hybridized carbons (Fsp3) is 0.462. The number of methoxy groups -OCH3 is 1. The Bertz CT molecular complexity index is 394. The molecule has 1 aromatic rings. The van der Waals surface area contributed by atoms with E-state index in [1.165, 1.54) is 0 Å². The summed E-state index contributed by atoms with van der Waals surface area (Å²) in [4.78, 5) is 14.2. The number of nitrogen functional groups attached to an aromatic ring is 1. The maximum atomic E-state index is 12.4. The summed E-state index contributed by atoms with van der Waals surface area (Å²) in [6.45, 7) is 5.03. The van der Waals surface area contributed by atoms with Gasteiger partial charge < -0.3 is 15.1 Å². The maximum Gasteiger partial charge on any atom is 0.256 e. The van der Waals surface area contributed by atoms with Crippen LogP contribution in [0, 0.1) is 0 Å². The highest BCUT2D eigenvalue weighted by Gasteiger charge is 2.20. The highest BCUT2D eigenvalue weighted by Crippen LogP contribution is 2.17. The van der Waals surface area contributed by atoms with Gasteiger partial charge in [0.05, 0.1) is 17.9 Å². The van der Waals surface area contributed by atoms with Crippen molar-refractivity contribution in [2.45, 2.75) is 19.9 Å². The molecule has 1 rings (SSSR count). The monoisotopic (exact) mass is 251 g/mol. The highest BCUT2D eigenvalue weighted by atomic mass is 16.5. The Balaban J connectivity index is 2.94. The highest BCUT2D eigenvalue weighted by molar-refractivity contribution is 5.99.